The lowest BCUT2D eigenvalue weighted by atomic mass is 10.4. The number of nitrogens with zero attached hydrogens (tertiary/aromatic N) is 3. The van der Waals surface area contributed by atoms with Gasteiger partial charge in [0.1, 0.15) is 0 Å². The highest BCUT2D eigenvalue weighted by molar-refractivity contribution is 7.98. The highest BCUT2D eigenvalue weighted by Crippen LogP contribution is 2.26. The molecule has 20 heavy (non-hydrogen) atoms. The Labute approximate surface area is 123 Å². The highest BCUT2D eigenvalue weighted by atomic mass is 32.2. The van der Waals surface area contributed by atoms with Gasteiger partial charge in [-0.25, -0.2) is 5.84 Å². The zero-order valence-electron chi connectivity index (χ0n) is 10.3. The summed E-state index contributed by atoms with van der Waals surface area (Å²) in [6.07, 6.45) is 1.93. The Hall–Kier alpha value is -1.90. The Morgan fingerprint density at radius 1 is 1.35 bits per heavy atom. The molecule has 0 radical (unpaired) electrons. The first-order chi connectivity index (χ1) is 9.78. The van der Waals surface area contributed by atoms with Crippen LogP contribution in [-0.4, -0.2) is 20.5 Å². The van der Waals surface area contributed by atoms with Crippen molar-refractivity contribution in [3.63, 3.8) is 0 Å². The molecule has 8 heteroatoms. The number of fused-ring (bicyclic) bond motifs is 1. The molecule has 0 fully saturated rings. The summed E-state index contributed by atoms with van der Waals surface area (Å²) in [5, 5.41) is 9.07. The van der Waals surface area contributed by atoms with E-state index in [0.717, 1.165) is 21.4 Å². The monoisotopic (exact) mass is 305 g/mol. The molecule has 3 N–H and O–H groups in total. The van der Waals surface area contributed by atoms with E-state index in [1.165, 1.54) is 11.3 Å². The first kappa shape index (κ1) is 13.1. The molecule has 3 rings (SSSR count). The molecular formula is C12H11N5OS2. The van der Waals surface area contributed by atoms with Crippen molar-refractivity contribution in [1.82, 2.24) is 20.0 Å². The van der Waals surface area contributed by atoms with Crippen LogP contribution in [0.4, 0.5) is 0 Å². The lowest BCUT2D eigenvalue weighted by Crippen LogP contribution is -2.29. The van der Waals surface area contributed by atoms with E-state index in [9.17, 15) is 4.79 Å². The van der Waals surface area contributed by atoms with Gasteiger partial charge < -0.3 is 0 Å². The van der Waals surface area contributed by atoms with Crippen LogP contribution in [-0.2, 0) is 5.75 Å². The molecule has 6 nitrogen and oxygen atoms in total. The Bertz CT molecular complexity index is 751. The number of amides is 1. The number of carbonyl (C=O) groups excluding carboxylic acids is 1. The summed E-state index contributed by atoms with van der Waals surface area (Å²) < 4.78 is 1.94. The number of hydrogen-bond acceptors (Lipinski definition) is 6. The van der Waals surface area contributed by atoms with Crippen molar-refractivity contribution in [3.8, 4) is 0 Å². The van der Waals surface area contributed by atoms with E-state index in [1.54, 1.807) is 17.8 Å². The number of thiophene rings is 1. The Kier molecular flexibility index (Phi) is 3.68. The Morgan fingerprint density at radius 3 is 3.10 bits per heavy atom. The van der Waals surface area contributed by atoms with Crippen molar-refractivity contribution >= 4 is 34.7 Å². The molecule has 0 spiro atoms. The van der Waals surface area contributed by atoms with Gasteiger partial charge in [-0.3, -0.25) is 14.6 Å². The molecule has 0 saturated heterocycles. The van der Waals surface area contributed by atoms with E-state index >= 15 is 0 Å². The molecule has 3 aromatic rings. The molecule has 102 valence electrons. The lowest BCUT2D eigenvalue weighted by Gasteiger charge is -1.98. The normalized spacial score (nSPS) is 10.8. The molecule has 3 heterocycles. The molecule has 0 unspecified atom stereocenters. The van der Waals surface area contributed by atoms with Crippen LogP contribution in [0.1, 0.15) is 14.5 Å². The highest BCUT2D eigenvalue weighted by Gasteiger charge is 2.10. The second-order valence-corrected chi connectivity index (χ2v) is 6.05. The summed E-state index contributed by atoms with van der Waals surface area (Å²) in [5.41, 5.74) is 2.95. The van der Waals surface area contributed by atoms with Gasteiger partial charge in [-0.05, 0) is 24.3 Å². The molecule has 0 aromatic carbocycles. The minimum absolute atomic E-state index is 0.265. The number of rotatable bonds is 4. The van der Waals surface area contributed by atoms with Crippen molar-refractivity contribution in [3.05, 3.63) is 46.3 Å². The summed E-state index contributed by atoms with van der Waals surface area (Å²) in [4.78, 5) is 13.1. The SMILES string of the molecule is NNC(=O)c1ccc(CSc2nnc3ccccn23)s1. The maximum atomic E-state index is 11.4. The largest absolute Gasteiger partial charge is 0.289 e. The molecule has 0 saturated carbocycles. The van der Waals surface area contributed by atoms with Crippen LogP contribution in [0.2, 0.25) is 0 Å². The zero-order chi connectivity index (χ0) is 13.9. The first-order valence-corrected chi connectivity index (χ1v) is 7.60. The number of aromatic nitrogens is 3. The van der Waals surface area contributed by atoms with Gasteiger partial charge in [-0.2, -0.15) is 0 Å². The molecule has 3 aromatic heterocycles. The van der Waals surface area contributed by atoms with Gasteiger partial charge >= 0.3 is 0 Å². The van der Waals surface area contributed by atoms with Crippen LogP contribution >= 0.6 is 23.1 Å². The zero-order valence-corrected chi connectivity index (χ0v) is 11.9. The van der Waals surface area contributed by atoms with Gasteiger partial charge in [0.05, 0.1) is 4.88 Å². The molecule has 0 aliphatic heterocycles. The van der Waals surface area contributed by atoms with Crippen LogP contribution < -0.4 is 11.3 Å². The Balaban J connectivity index is 1.73. The fraction of sp³-hybridized carbons (Fsp3) is 0.0833. The minimum Gasteiger partial charge on any atom is -0.289 e. The van der Waals surface area contributed by atoms with Crippen LogP contribution in [0.25, 0.3) is 5.65 Å². The maximum Gasteiger partial charge on any atom is 0.275 e. The molecule has 0 bridgehead atoms. The van der Waals surface area contributed by atoms with E-state index in [-0.39, 0.29) is 5.91 Å². The summed E-state index contributed by atoms with van der Waals surface area (Å²) in [7, 11) is 0. The summed E-state index contributed by atoms with van der Waals surface area (Å²) in [6.45, 7) is 0. The van der Waals surface area contributed by atoms with Gasteiger partial charge in [0.25, 0.3) is 5.91 Å². The number of carbonyl (C=O) groups is 1. The van der Waals surface area contributed by atoms with Gasteiger partial charge in [-0.1, -0.05) is 17.8 Å². The average Bonchev–Trinajstić information content (AvgIpc) is 3.11. The third-order valence-corrected chi connectivity index (χ3v) is 4.90. The van der Waals surface area contributed by atoms with Crippen molar-refractivity contribution < 1.29 is 4.79 Å². The quantitative estimate of drug-likeness (QED) is 0.331. The van der Waals surface area contributed by atoms with E-state index in [4.69, 9.17) is 5.84 Å². The van der Waals surface area contributed by atoms with E-state index < -0.39 is 0 Å². The van der Waals surface area contributed by atoms with Crippen molar-refractivity contribution in [1.29, 1.82) is 0 Å². The molecule has 0 atom stereocenters. The number of hydrogen-bond donors (Lipinski definition) is 2. The van der Waals surface area contributed by atoms with E-state index in [0.29, 0.717) is 4.88 Å². The molecule has 0 aliphatic carbocycles. The molecular weight excluding hydrogens is 294 g/mol. The number of thioether (sulfide) groups is 1. The summed E-state index contributed by atoms with van der Waals surface area (Å²) in [6, 6.07) is 9.47. The molecule has 0 aliphatic rings. The van der Waals surface area contributed by atoms with Crippen LogP contribution in [0.5, 0.6) is 0 Å². The number of hydrazine groups is 1. The lowest BCUT2D eigenvalue weighted by molar-refractivity contribution is 0.0957. The Morgan fingerprint density at radius 2 is 2.25 bits per heavy atom. The number of nitrogens with two attached hydrogens (primary N) is 1. The van der Waals surface area contributed by atoms with Crippen LogP contribution in [0.3, 0.4) is 0 Å². The van der Waals surface area contributed by atoms with E-state index in [2.05, 4.69) is 15.6 Å². The second-order valence-electron chi connectivity index (χ2n) is 3.94. The van der Waals surface area contributed by atoms with Crippen LogP contribution in [0.15, 0.2) is 41.7 Å². The van der Waals surface area contributed by atoms with Crippen molar-refractivity contribution in [2.75, 3.05) is 0 Å². The van der Waals surface area contributed by atoms with E-state index in [1.807, 2.05) is 34.9 Å². The minimum atomic E-state index is -0.265. The van der Waals surface area contributed by atoms with Crippen molar-refractivity contribution in [2.45, 2.75) is 10.9 Å². The number of pyridine rings is 1. The van der Waals surface area contributed by atoms with Gasteiger partial charge in [0, 0.05) is 16.8 Å². The maximum absolute atomic E-state index is 11.4. The first-order valence-electron chi connectivity index (χ1n) is 5.80. The number of nitrogen functional groups attached to an aromatic ring is 1. The average molecular weight is 305 g/mol. The summed E-state index contributed by atoms with van der Waals surface area (Å²) in [5.74, 6) is 5.58. The third kappa shape index (κ3) is 2.53. The fourth-order valence-electron chi connectivity index (χ4n) is 1.70. The number of nitrogens with one attached hydrogen (secondary N) is 1. The summed E-state index contributed by atoms with van der Waals surface area (Å²) >= 11 is 3.00. The van der Waals surface area contributed by atoms with Crippen LogP contribution in [0, 0.1) is 0 Å². The third-order valence-electron chi connectivity index (χ3n) is 2.64. The van der Waals surface area contributed by atoms with Crippen molar-refractivity contribution in [2.24, 2.45) is 5.84 Å². The fourth-order valence-corrected chi connectivity index (χ4v) is 3.58. The standard InChI is InChI=1S/C12H11N5OS2/c13-14-11(18)9-5-4-8(20-9)7-19-12-16-15-10-3-1-2-6-17(10)12/h1-6H,7,13H2,(H,14,18). The van der Waals surface area contributed by atoms with Gasteiger partial charge in [-0.15, -0.1) is 21.5 Å². The molecule has 1 amide bonds. The predicted molar refractivity (Wildman–Crippen MR) is 78.5 cm³/mol. The predicted octanol–water partition coefficient (Wildman–Crippen LogP) is 1.69. The van der Waals surface area contributed by atoms with Gasteiger partial charge in [0.15, 0.2) is 10.8 Å². The second kappa shape index (κ2) is 5.61. The topological polar surface area (TPSA) is 85.3 Å². The smallest absolute Gasteiger partial charge is 0.275 e. The van der Waals surface area contributed by atoms with Gasteiger partial charge in [0.2, 0.25) is 0 Å².